The number of amides is 1. The number of nitrogens with one attached hydrogen (secondary N) is 1. The lowest BCUT2D eigenvalue weighted by atomic mass is 9.88. The zero-order chi connectivity index (χ0) is 26.2. The van der Waals surface area contributed by atoms with Crippen LogP contribution in [0.3, 0.4) is 0 Å². The molecule has 1 fully saturated rings. The molecule has 36 heavy (non-hydrogen) atoms. The number of likely N-dealkylation sites (tertiary alicyclic amines) is 1. The molecule has 3 aromatic rings. The molecular formula is C26H30F3N5O2. The molecule has 0 radical (unpaired) electrons. The molecule has 0 bridgehead atoms. The van der Waals surface area contributed by atoms with Gasteiger partial charge in [0.05, 0.1) is 24.2 Å². The molecule has 10 heteroatoms. The number of fused-ring (bicyclic) bond motifs is 1. The summed E-state index contributed by atoms with van der Waals surface area (Å²) >= 11 is 0. The van der Waals surface area contributed by atoms with E-state index in [9.17, 15) is 18.0 Å². The number of halogens is 3. The second-order valence-electron chi connectivity index (χ2n) is 9.26. The Morgan fingerprint density at radius 1 is 1.17 bits per heavy atom. The first-order valence-corrected chi connectivity index (χ1v) is 11.8. The second kappa shape index (κ2) is 9.83. The molecule has 1 amide bonds. The van der Waals surface area contributed by atoms with Gasteiger partial charge < -0.3 is 20.7 Å². The number of aryl methyl sites for hydroxylation is 1. The summed E-state index contributed by atoms with van der Waals surface area (Å²) in [6.07, 6.45) is -2.89. The summed E-state index contributed by atoms with van der Waals surface area (Å²) in [6, 6.07) is 6.92. The molecule has 2 heterocycles. The Morgan fingerprint density at radius 2 is 1.86 bits per heavy atom. The van der Waals surface area contributed by atoms with Gasteiger partial charge in [-0.1, -0.05) is 0 Å². The van der Waals surface area contributed by atoms with Crippen LogP contribution < -0.4 is 15.8 Å². The van der Waals surface area contributed by atoms with Crippen LogP contribution in [0.5, 0.6) is 5.75 Å². The van der Waals surface area contributed by atoms with Crippen LogP contribution in [-0.2, 0) is 11.0 Å². The fraction of sp³-hybridized carbons (Fsp3) is 0.423. The van der Waals surface area contributed by atoms with Crippen molar-refractivity contribution >= 4 is 28.3 Å². The van der Waals surface area contributed by atoms with E-state index < -0.39 is 17.8 Å². The number of ether oxygens (including phenoxy) is 1. The van der Waals surface area contributed by atoms with Crippen LogP contribution >= 0.6 is 0 Å². The first kappa shape index (κ1) is 25.5. The molecule has 2 aromatic carbocycles. The standard InChI is InChI=1S/C26H30F3N5O2/c1-14(18-9-19(26(27,28)29)11-20(30)10-18)31-25-22-12-21(17-5-7-34(8-6-17)16(3)35)24(36-4)13-23(22)32-15(2)33-25/h9-14,17H,5-8,30H2,1-4H3,(H,31,32,33)/t14-/m1/s1. The van der Waals surface area contributed by atoms with Crippen LogP contribution in [0.1, 0.15) is 61.2 Å². The fourth-order valence-corrected chi connectivity index (χ4v) is 4.78. The lowest BCUT2D eigenvalue weighted by molar-refractivity contribution is -0.137. The third-order valence-corrected chi connectivity index (χ3v) is 6.70. The molecule has 1 aliphatic rings. The van der Waals surface area contributed by atoms with Crippen molar-refractivity contribution in [2.24, 2.45) is 0 Å². The number of nitrogen functional groups attached to an aromatic ring is 1. The molecule has 3 N–H and O–H groups in total. The van der Waals surface area contributed by atoms with Crippen molar-refractivity contribution < 1.29 is 22.7 Å². The first-order valence-electron chi connectivity index (χ1n) is 11.8. The van der Waals surface area contributed by atoms with Gasteiger partial charge in [-0.3, -0.25) is 4.79 Å². The van der Waals surface area contributed by atoms with E-state index in [1.54, 1.807) is 27.9 Å². The van der Waals surface area contributed by atoms with Crippen molar-refractivity contribution in [1.82, 2.24) is 14.9 Å². The Kier molecular flexibility index (Phi) is 6.97. The number of benzene rings is 2. The van der Waals surface area contributed by atoms with Crippen LogP contribution in [0.2, 0.25) is 0 Å². The molecule has 0 aliphatic carbocycles. The van der Waals surface area contributed by atoms with Crippen LogP contribution in [0.25, 0.3) is 10.9 Å². The summed E-state index contributed by atoms with van der Waals surface area (Å²) in [7, 11) is 1.61. The molecule has 192 valence electrons. The van der Waals surface area contributed by atoms with E-state index in [1.807, 2.05) is 17.0 Å². The second-order valence-corrected chi connectivity index (χ2v) is 9.26. The first-order chi connectivity index (χ1) is 17.0. The number of hydrogen-bond acceptors (Lipinski definition) is 6. The van der Waals surface area contributed by atoms with Crippen molar-refractivity contribution in [3.63, 3.8) is 0 Å². The van der Waals surface area contributed by atoms with E-state index >= 15 is 0 Å². The lowest BCUT2D eigenvalue weighted by Gasteiger charge is -2.32. The van der Waals surface area contributed by atoms with Crippen molar-refractivity contribution in [2.75, 3.05) is 31.2 Å². The average molecular weight is 502 g/mol. The minimum atomic E-state index is -4.49. The molecule has 1 saturated heterocycles. The normalized spacial score (nSPS) is 15.7. The quantitative estimate of drug-likeness (QED) is 0.452. The highest BCUT2D eigenvalue weighted by atomic mass is 19.4. The maximum atomic E-state index is 13.3. The average Bonchev–Trinajstić information content (AvgIpc) is 2.82. The highest BCUT2D eigenvalue weighted by Crippen LogP contribution is 2.39. The summed E-state index contributed by atoms with van der Waals surface area (Å²) in [4.78, 5) is 22.7. The van der Waals surface area contributed by atoms with Gasteiger partial charge in [-0.2, -0.15) is 13.2 Å². The number of hydrogen-bond donors (Lipinski definition) is 2. The van der Waals surface area contributed by atoms with Crippen LogP contribution in [0, 0.1) is 6.92 Å². The van der Waals surface area contributed by atoms with Gasteiger partial charge in [-0.05, 0) is 68.0 Å². The third-order valence-electron chi connectivity index (χ3n) is 6.70. The largest absolute Gasteiger partial charge is 0.496 e. The predicted octanol–water partition coefficient (Wildman–Crippen LogP) is 5.45. The predicted molar refractivity (Wildman–Crippen MR) is 133 cm³/mol. The van der Waals surface area contributed by atoms with Gasteiger partial charge in [0.1, 0.15) is 17.4 Å². The van der Waals surface area contributed by atoms with Crippen LogP contribution in [0.15, 0.2) is 30.3 Å². The zero-order valence-electron chi connectivity index (χ0n) is 20.7. The zero-order valence-corrected chi connectivity index (χ0v) is 20.7. The number of aromatic nitrogens is 2. The Labute approximate surface area is 207 Å². The lowest BCUT2D eigenvalue weighted by Crippen LogP contribution is -2.36. The Hall–Kier alpha value is -3.56. The molecule has 0 unspecified atom stereocenters. The summed E-state index contributed by atoms with van der Waals surface area (Å²) in [5, 5.41) is 4.02. The number of rotatable bonds is 5. The maximum Gasteiger partial charge on any atom is 0.416 e. The van der Waals surface area contributed by atoms with Gasteiger partial charge in [0.25, 0.3) is 0 Å². The van der Waals surface area contributed by atoms with Gasteiger partial charge in [0.15, 0.2) is 0 Å². The van der Waals surface area contributed by atoms with E-state index in [-0.39, 0.29) is 17.5 Å². The van der Waals surface area contributed by atoms with E-state index in [2.05, 4.69) is 15.3 Å². The van der Waals surface area contributed by atoms with Crippen molar-refractivity contribution in [2.45, 2.75) is 51.7 Å². The molecule has 1 atom stereocenters. The smallest absolute Gasteiger partial charge is 0.416 e. The number of nitrogens with zero attached hydrogens (tertiary/aromatic N) is 3. The fourth-order valence-electron chi connectivity index (χ4n) is 4.78. The number of carbonyl (C=O) groups excluding carboxylic acids is 1. The Bertz CT molecular complexity index is 1290. The number of carbonyl (C=O) groups is 1. The van der Waals surface area contributed by atoms with Crippen molar-refractivity contribution in [3.8, 4) is 5.75 Å². The Balaban J connectivity index is 1.71. The minimum absolute atomic E-state index is 0.0427. The summed E-state index contributed by atoms with van der Waals surface area (Å²) in [5.41, 5.74) is 7.09. The molecule has 4 rings (SSSR count). The molecule has 0 saturated carbocycles. The Morgan fingerprint density at radius 3 is 2.47 bits per heavy atom. The van der Waals surface area contributed by atoms with E-state index in [4.69, 9.17) is 10.5 Å². The highest BCUT2D eigenvalue weighted by molar-refractivity contribution is 5.91. The number of alkyl halides is 3. The van der Waals surface area contributed by atoms with Crippen molar-refractivity contribution in [1.29, 1.82) is 0 Å². The van der Waals surface area contributed by atoms with Crippen LogP contribution in [0.4, 0.5) is 24.7 Å². The summed E-state index contributed by atoms with van der Waals surface area (Å²) in [6.45, 7) is 6.44. The van der Waals surface area contributed by atoms with Crippen molar-refractivity contribution in [3.05, 3.63) is 52.8 Å². The third kappa shape index (κ3) is 5.32. The van der Waals surface area contributed by atoms with E-state index in [1.165, 1.54) is 6.07 Å². The SMILES string of the molecule is COc1cc2nc(C)nc(N[C@H](C)c3cc(N)cc(C(F)(F)F)c3)c2cc1C1CCN(C(C)=O)CC1. The van der Waals surface area contributed by atoms with Gasteiger partial charge in [-0.25, -0.2) is 9.97 Å². The highest BCUT2D eigenvalue weighted by Gasteiger charge is 2.31. The molecule has 1 aromatic heterocycles. The summed E-state index contributed by atoms with van der Waals surface area (Å²) < 4.78 is 45.7. The van der Waals surface area contributed by atoms with Gasteiger partial charge in [-0.15, -0.1) is 0 Å². The summed E-state index contributed by atoms with van der Waals surface area (Å²) in [5.74, 6) is 2.01. The van der Waals surface area contributed by atoms with Crippen LogP contribution in [-0.4, -0.2) is 41.0 Å². The molecule has 1 aliphatic heterocycles. The number of piperidine rings is 1. The molecule has 7 nitrogen and oxygen atoms in total. The van der Waals surface area contributed by atoms with Gasteiger partial charge in [0, 0.05) is 37.2 Å². The number of methoxy groups -OCH3 is 1. The molecule has 0 spiro atoms. The molecular weight excluding hydrogens is 471 g/mol. The topological polar surface area (TPSA) is 93.4 Å². The number of nitrogens with two attached hydrogens (primary N) is 1. The van der Waals surface area contributed by atoms with E-state index in [0.717, 1.165) is 35.9 Å². The minimum Gasteiger partial charge on any atom is -0.496 e. The van der Waals surface area contributed by atoms with Gasteiger partial charge in [0.2, 0.25) is 5.91 Å². The maximum absolute atomic E-state index is 13.3. The van der Waals surface area contributed by atoms with E-state index in [0.29, 0.717) is 41.6 Å². The number of anilines is 2. The monoisotopic (exact) mass is 501 g/mol. The van der Waals surface area contributed by atoms with Gasteiger partial charge >= 0.3 is 6.18 Å².